The molecule has 1 heterocycles. The Morgan fingerprint density at radius 2 is 1.95 bits per heavy atom. The van der Waals surface area contributed by atoms with Gasteiger partial charge in [-0.05, 0) is 56.2 Å². The van der Waals surface area contributed by atoms with Crippen LogP contribution in [0.25, 0.3) is 0 Å². The van der Waals surface area contributed by atoms with Crippen LogP contribution < -0.4 is 5.32 Å². The molecule has 1 aliphatic carbocycles. The third-order valence-corrected chi connectivity index (χ3v) is 4.91. The van der Waals surface area contributed by atoms with Gasteiger partial charge in [0.2, 0.25) is 0 Å². The van der Waals surface area contributed by atoms with Crippen molar-refractivity contribution in [1.29, 1.82) is 0 Å². The molecule has 3 rings (SSSR count). The number of carbonyl (C=O) groups excluding carboxylic acids is 1. The van der Waals surface area contributed by atoms with Gasteiger partial charge in [-0.2, -0.15) is 0 Å². The SMILES string of the molecule is O=C(CCCc1ccccc1)C1CC12CCNCC2. The maximum Gasteiger partial charge on any atom is 0.136 e. The largest absolute Gasteiger partial charge is 0.317 e. The van der Waals surface area contributed by atoms with E-state index >= 15 is 0 Å². The van der Waals surface area contributed by atoms with Gasteiger partial charge in [0.25, 0.3) is 0 Å². The van der Waals surface area contributed by atoms with E-state index in [1.165, 1.54) is 24.8 Å². The predicted molar refractivity (Wildman–Crippen MR) is 77.0 cm³/mol. The molecule has 2 nitrogen and oxygen atoms in total. The second kappa shape index (κ2) is 5.46. The number of nitrogens with one attached hydrogen (secondary N) is 1. The molecule has 2 heteroatoms. The van der Waals surface area contributed by atoms with E-state index in [9.17, 15) is 4.79 Å². The lowest BCUT2D eigenvalue weighted by atomic mass is 9.90. The number of aryl methyl sites for hydroxylation is 1. The number of piperidine rings is 1. The molecule has 1 aliphatic heterocycles. The molecule has 19 heavy (non-hydrogen) atoms. The smallest absolute Gasteiger partial charge is 0.136 e. The van der Waals surface area contributed by atoms with Crippen LogP contribution in [0, 0.1) is 11.3 Å². The summed E-state index contributed by atoms with van der Waals surface area (Å²) in [6.45, 7) is 2.21. The molecule has 0 bridgehead atoms. The molecule has 1 saturated carbocycles. The Morgan fingerprint density at radius 3 is 2.68 bits per heavy atom. The van der Waals surface area contributed by atoms with Crippen molar-refractivity contribution in [3.05, 3.63) is 35.9 Å². The average molecular weight is 257 g/mol. The van der Waals surface area contributed by atoms with Crippen molar-refractivity contribution in [1.82, 2.24) is 5.32 Å². The molecule has 0 aromatic heterocycles. The Morgan fingerprint density at radius 1 is 1.21 bits per heavy atom. The van der Waals surface area contributed by atoms with Gasteiger partial charge in [0.1, 0.15) is 5.78 Å². The number of ketones is 1. The molecular weight excluding hydrogens is 234 g/mol. The zero-order valence-corrected chi connectivity index (χ0v) is 11.5. The lowest BCUT2D eigenvalue weighted by Gasteiger charge is -2.23. The monoisotopic (exact) mass is 257 g/mol. The topological polar surface area (TPSA) is 29.1 Å². The summed E-state index contributed by atoms with van der Waals surface area (Å²) in [6.07, 6.45) is 6.40. The van der Waals surface area contributed by atoms with Crippen LogP contribution in [0.1, 0.15) is 37.7 Å². The van der Waals surface area contributed by atoms with Gasteiger partial charge in [0.05, 0.1) is 0 Å². The van der Waals surface area contributed by atoms with Crippen LogP contribution in [0.4, 0.5) is 0 Å². The lowest BCUT2D eigenvalue weighted by Crippen LogP contribution is -2.30. The highest BCUT2D eigenvalue weighted by Gasteiger charge is 2.56. The first kappa shape index (κ1) is 12.9. The first-order valence-corrected chi connectivity index (χ1v) is 7.58. The minimum Gasteiger partial charge on any atom is -0.317 e. The fourth-order valence-corrected chi connectivity index (χ4v) is 3.57. The minimum atomic E-state index is 0.394. The van der Waals surface area contributed by atoms with Crippen LogP contribution in [-0.4, -0.2) is 18.9 Å². The zero-order valence-electron chi connectivity index (χ0n) is 11.5. The Hall–Kier alpha value is -1.15. The first-order valence-electron chi connectivity index (χ1n) is 7.58. The number of benzene rings is 1. The Bertz CT molecular complexity index is 434. The first-order chi connectivity index (χ1) is 9.30. The van der Waals surface area contributed by atoms with Gasteiger partial charge in [0.15, 0.2) is 0 Å². The standard InChI is InChI=1S/C17H23NO/c19-16(8-4-7-14-5-2-1-3-6-14)15-13-17(15)9-11-18-12-10-17/h1-3,5-6,15,18H,4,7-13H2. The Labute approximate surface area is 115 Å². The van der Waals surface area contributed by atoms with Crippen LogP contribution in [0.5, 0.6) is 0 Å². The molecule has 0 amide bonds. The molecule has 1 spiro atoms. The zero-order chi connectivity index (χ0) is 13.1. The fraction of sp³-hybridized carbons (Fsp3) is 0.588. The summed E-state index contributed by atoms with van der Waals surface area (Å²) in [5.41, 5.74) is 1.76. The normalized spacial score (nSPS) is 24.3. The molecule has 1 aromatic carbocycles. The van der Waals surface area contributed by atoms with Crippen molar-refractivity contribution in [2.75, 3.05) is 13.1 Å². The van der Waals surface area contributed by atoms with Crippen molar-refractivity contribution in [2.24, 2.45) is 11.3 Å². The molecule has 102 valence electrons. The molecule has 2 aliphatic rings. The Kier molecular flexibility index (Phi) is 3.69. The van der Waals surface area contributed by atoms with Crippen LogP contribution in [0.15, 0.2) is 30.3 Å². The van der Waals surface area contributed by atoms with Crippen LogP contribution in [0.2, 0.25) is 0 Å². The average Bonchev–Trinajstić information content (AvgIpc) is 3.14. The summed E-state index contributed by atoms with van der Waals surface area (Å²) in [6, 6.07) is 10.5. The Balaban J connectivity index is 1.43. The number of hydrogen-bond donors (Lipinski definition) is 1. The maximum absolute atomic E-state index is 12.2. The second-order valence-electron chi connectivity index (χ2n) is 6.17. The van der Waals surface area contributed by atoms with Crippen molar-refractivity contribution in [3.63, 3.8) is 0 Å². The van der Waals surface area contributed by atoms with Gasteiger partial charge < -0.3 is 5.32 Å². The van der Waals surface area contributed by atoms with Gasteiger partial charge in [-0.3, -0.25) is 4.79 Å². The van der Waals surface area contributed by atoms with Crippen molar-refractivity contribution >= 4 is 5.78 Å². The van der Waals surface area contributed by atoms with Gasteiger partial charge in [-0.1, -0.05) is 30.3 Å². The highest BCUT2D eigenvalue weighted by Crippen LogP contribution is 2.59. The maximum atomic E-state index is 12.2. The van der Waals surface area contributed by atoms with Gasteiger partial charge in [0, 0.05) is 12.3 Å². The summed E-state index contributed by atoms with van der Waals surface area (Å²) >= 11 is 0. The van der Waals surface area contributed by atoms with Gasteiger partial charge >= 0.3 is 0 Å². The summed E-state index contributed by atoms with van der Waals surface area (Å²) in [5.74, 6) is 0.920. The number of hydrogen-bond acceptors (Lipinski definition) is 2. The van der Waals surface area contributed by atoms with Crippen LogP contribution in [0.3, 0.4) is 0 Å². The van der Waals surface area contributed by atoms with Crippen LogP contribution in [-0.2, 0) is 11.2 Å². The van der Waals surface area contributed by atoms with E-state index in [0.717, 1.165) is 32.4 Å². The minimum absolute atomic E-state index is 0.394. The highest BCUT2D eigenvalue weighted by atomic mass is 16.1. The van der Waals surface area contributed by atoms with Crippen molar-refractivity contribution in [2.45, 2.75) is 38.5 Å². The predicted octanol–water partition coefficient (Wildman–Crippen LogP) is 2.97. The molecule has 2 fully saturated rings. The fourth-order valence-electron chi connectivity index (χ4n) is 3.57. The van der Waals surface area contributed by atoms with Gasteiger partial charge in [-0.15, -0.1) is 0 Å². The quantitative estimate of drug-likeness (QED) is 0.878. The van der Waals surface area contributed by atoms with E-state index in [0.29, 0.717) is 17.1 Å². The number of Topliss-reactive ketones (excluding diaryl/α,β-unsaturated/α-hetero) is 1. The summed E-state index contributed by atoms with van der Waals surface area (Å²) < 4.78 is 0. The molecule has 1 aromatic rings. The summed E-state index contributed by atoms with van der Waals surface area (Å²) in [5, 5.41) is 3.39. The molecule has 1 saturated heterocycles. The number of rotatable bonds is 5. The van der Waals surface area contributed by atoms with Crippen molar-refractivity contribution in [3.8, 4) is 0 Å². The van der Waals surface area contributed by atoms with E-state index < -0.39 is 0 Å². The van der Waals surface area contributed by atoms with E-state index in [-0.39, 0.29) is 0 Å². The third kappa shape index (κ3) is 2.89. The molecular formula is C17H23NO. The second-order valence-corrected chi connectivity index (χ2v) is 6.17. The number of carbonyl (C=O) groups is 1. The molecule has 1 atom stereocenters. The third-order valence-electron chi connectivity index (χ3n) is 4.91. The summed E-state index contributed by atoms with van der Waals surface area (Å²) in [4.78, 5) is 12.2. The van der Waals surface area contributed by atoms with Gasteiger partial charge in [-0.25, -0.2) is 0 Å². The van der Waals surface area contributed by atoms with E-state index in [4.69, 9.17) is 0 Å². The molecule has 1 N–H and O–H groups in total. The highest BCUT2D eigenvalue weighted by molar-refractivity contribution is 5.84. The molecule has 0 radical (unpaired) electrons. The van der Waals surface area contributed by atoms with E-state index in [2.05, 4.69) is 29.6 Å². The van der Waals surface area contributed by atoms with E-state index in [1.54, 1.807) is 0 Å². The summed E-state index contributed by atoms with van der Waals surface area (Å²) in [7, 11) is 0. The van der Waals surface area contributed by atoms with E-state index in [1.807, 2.05) is 6.07 Å². The van der Waals surface area contributed by atoms with Crippen LogP contribution >= 0.6 is 0 Å². The van der Waals surface area contributed by atoms with Crippen molar-refractivity contribution < 1.29 is 4.79 Å². The lowest BCUT2D eigenvalue weighted by molar-refractivity contribution is -0.121. The molecule has 1 unspecified atom stereocenters.